The predicted octanol–water partition coefficient (Wildman–Crippen LogP) is 3.40. The lowest BCUT2D eigenvalue weighted by atomic mass is 10.1. The number of rotatable bonds is 4. The molecule has 5 nitrogen and oxygen atoms in total. The molecule has 1 N–H and O–H groups in total. The summed E-state index contributed by atoms with van der Waals surface area (Å²) in [6.45, 7) is 0.371. The fourth-order valence-corrected chi connectivity index (χ4v) is 3.04. The standard InChI is InChI=1S/C19H20ClN3O2/c1-22(2)14-7-9-15(10-8-14)23-12-13(11-18(23)24)19(25)21-17-6-4-3-5-16(17)20/h3-10,13H,11-12H2,1-2H3,(H,21,25). The Hall–Kier alpha value is -2.53. The summed E-state index contributed by atoms with van der Waals surface area (Å²) in [5.41, 5.74) is 2.43. The molecule has 0 saturated carbocycles. The quantitative estimate of drug-likeness (QED) is 0.912. The Morgan fingerprint density at radius 3 is 2.48 bits per heavy atom. The van der Waals surface area contributed by atoms with Gasteiger partial charge in [0, 0.05) is 38.4 Å². The summed E-state index contributed by atoms with van der Waals surface area (Å²) in [5.74, 6) is -0.622. The molecule has 0 aromatic heterocycles. The van der Waals surface area contributed by atoms with Crippen molar-refractivity contribution in [1.29, 1.82) is 0 Å². The van der Waals surface area contributed by atoms with Crippen molar-refractivity contribution < 1.29 is 9.59 Å². The number of hydrogen-bond donors (Lipinski definition) is 1. The second-order valence-electron chi connectivity index (χ2n) is 6.29. The maximum absolute atomic E-state index is 12.5. The number of halogens is 1. The summed E-state index contributed by atoms with van der Waals surface area (Å²) in [7, 11) is 3.93. The van der Waals surface area contributed by atoms with Gasteiger partial charge in [-0.15, -0.1) is 0 Å². The van der Waals surface area contributed by atoms with Gasteiger partial charge in [-0.3, -0.25) is 9.59 Å². The summed E-state index contributed by atoms with van der Waals surface area (Å²) in [5, 5.41) is 3.30. The summed E-state index contributed by atoms with van der Waals surface area (Å²) in [6, 6.07) is 14.8. The maximum atomic E-state index is 12.5. The average Bonchev–Trinajstić information content (AvgIpc) is 2.99. The SMILES string of the molecule is CN(C)c1ccc(N2CC(C(=O)Nc3ccccc3Cl)CC2=O)cc1. The van der Waals surface area contributed by atoms with Crippen molar-refractivity contribution in [1.82, 2.24) is 0 Å². The van der Waals surface area contributed by atoms with Crippen LogP contribution in [0.2, 0.25) is 5.02 Å². The van der Waals surface area contributed by atoms with Gasteiger partial charge in [-0.2, -0.15) is 0 Å². The number of carbonyl (C=O) groups excluding carboxylic acids is 2. The van der Waals surface area contributed by atoms with Gasteiger partial charge in [-0.05, 0) is 36.4 Å². The van der Waals surface area contributed by atoms with Gasteiger partial charge < -0.3 is 15.1 Å². The highest BCUT2D eigenvalue weighted by molar-refractivity contribution is 6.33. The summed E-state index contributed by atoms with van der Waals surface area (Å²) in [4.78, 5) is 28.5. The average molecular weight is 358 g/mol. The minimum atomic E-state index is -0.391. The van der Waals surface area contributed by atoms with Crippen molar-refractivity contribution >= 4 is 40.5 Å². The number of benzene rings is 2. The molecule has 1 saturated heterocycles. The first-order valence-corrected chi connectivity index (χ1v) is 8.46. The molecule has 1 unspecified atom stereocenters. The van der Waals surface area contributed by atoms with Gasteiger partial charge in [0.2, 0.25) is 11.8 Å². The summed E-state index contributed by atoms with van der Waals surface area (Å²) >= 11 is 6.07. The molecule has 2 aromatic rings. The first kappa shape index (κ1) is 17.3. The van der Waals surface area contributed by atoms with Crippen LogP contribution in [0, 0.1) is 5.92 Å². The lowest BCUT2D eigenvalue weighted by molar-refractivity contribution is -0.122. The van der Waals surface area contributed by atoms with E-state index in [0.717, 1.165) is 11.4 Å². The summed E-state index contributed by atoms with van der Waals surface area (Å²) < 4.78 is 0. The van der Waals surface area contributed by atoms with Crippen LogP contribution in [0.5, 0.6) is 0 Å². The topological polar surface area (TPSA) is 52.6 Å². The van der Waals surface area contributed by atoms with E-state index in [9.17, 15) is 9.59 Å². The third kappa shape index (κ3) is 3.77. The zero-order chi connectivity index (χ0) is 18.0. The summed E-state index contributed by atoms with van der Waals surface area (Å²) in [6.07, 6.45) is 0.200. The second-order valence-corrected chi connectivity index (χ2v) is 6.69. The van der Waals surface area contributed by atoms with E-state index < -0.39 is 5.92 Å². The lowest BCUT2D eigenvalue weighted by Gasteiger charge is -2.19. The third-order valence-corrected chi connectivity index (χ3v) is 4.63. The highest BCUT2D eigenvalue weighted by Crippen LogP contribution is 2.28. The van der Waals surface area contributed by atoms with Gasteiger partial charge in [0.25, 0.3) is 0 Å². The van der Waals surface area contributed by atoms with Crippen LogP contribution in [0.15, 0.2) is 48.5 Å². The van der Waals surface area contributed by atoms with E-state index in [1.54, 1.807) is 29.2 Å². The molecule has 130 valence electrons. The molecule has 0 radical (unpaired) electrons. The number of hydrogen-bond acceptors (Lipinski definition) is 3. The smallest absolute Gasteiger partial charge is 0.229 e. The highest BCUT2D eigenvalue weighted by atomic mass is 35.5. The molecule has 1 aliphatic heterocycles. The lowest BCUT2D eigenvalue weighted by Crippen LogP contribution is -2.28. The van der Waals surface area contributed by atoms with E-state index in [1.165, 1.54) is 0 Å². The minimum Gasteiger partial charge on any atom is -0.378 e. The molecule has 6 heteroatoms. The predicted molar refractivity (Wildman–Crippen MR) is 101 cm³/mol. The number of anilines is 3. The van der Waals surface area contributed by atoms with Crippen LogP contribution in [0.3, 0.4) is 0 Å². The molecule has 2 aromatic carbocycles. The first-order chi connectivity index (χ1) is 12.0. The van der Waals surface area contributed by atoms with Gasteiger partial charge in [-0.25, -0.2) is 0 Å². The molecule has 0 bridgehead atoms. The number of para-hydroxylation sites is 1. The van der Waals surface area contributed by atoms with Gasteiger partial charge in [0.1, 0.15) is 0 Å². The van der Waals surface area contributed by atoms with Gasteiger partial charge in [-0.1, -0.05) is 23.7 Å². The Bertz CT molecular complexity index is 790. The fraction of sp³-hybridized carbons (Fsp3) is 0.263. The molecule has 25 heavy (non-hydrogen) atoms. The van der Waals surface area contributed by atoms with E-state index in [1.807, 2.05) is 43.3 Å². The molecule has 1 heterocycles. The van der Waals surface area contributed by atoms with Crippen molar-refractivity contribution in [3.63, 3.8) is 0 Å². The molecule has 2 amide bonds. The Morgan fingerprint density at radius 1 is 1.16 bits per heavy atom. The van der Waals surface area contributed by atoms with Crippen LogP contribution in [-0.4, -0.2) is 32.5 Å². The molecule has 1 fully saturated rings. The van der Waals surface area contributed by atoms with E-state index in [-0.39, 0.29) is 18.2 Å². The number of carbonyl (C=O) groups is 2. The van der Waals surface area contributed by atoms with E-state index in [4.69, 9.17) is 11.6 Å². The molecule has 0 spiro atoms. The van der Waals surface area contributed by atoms with Gasteiger partial charge >= 0.3 is 0 Å². The maximum Gasteiger partial charge on any atom is 0.229 e. The van der Waals surface area contributed by atoms with E-state index in [0.29, 0.717) is 17.3 Å². The molecule has 1 atom stereocenters. The van der Waals surface area contributed by atoms with Crippen molar-refractivity contribution in [2.45, 2.75) is 6.42 Å². The largest absolute Gasteiger partial charge is 0.378 e. The van der Waals surface area contributed by atoms with Crippen LogP contribution in [0.25, 0.3) is 0 Å². The number of nitrogens with zero attached hydrogens (tertiary/aromatic N) is 2. The monoisotopic (exact) mass is 357 g/mol. The van der Waals surface area contributed by atoms with Crippen molar-refractivity contribution in [3.8, 4) is 0 Å². The fourth-order valence-electron chi connectivity index (χ4n) is 2.86. The van der Waals surface area contributed by atoms with Crippen LogP contribution in [0.1, 0.15) is 6.42 Å². The van der Waals surface area contributed by atoms with E-state index >= 15 is 0 Å². The normalized spacial score (nSPS) is 16.8. The van der Waals surface area contributed by atoms with Gasteiger partial charge in [0.05, 0.1) is 16.6 Å². The molecular weight excluding hydrogens is 338 g/mol. The van der Waals surface area contributed by atoms with Gasteiger partial charge in [0.15, 0.2) is 0 Å². The Kier molecular flexibility index (Phi) is 4.95. The first-order valence-electron chi connectivity index (χ1n) is 8.09. The second kappa shape index (κ2) is 7.15. The minimum absolute atomic E-state index is 0.0445. The van der Waals surface area contributed by atoms with Crippen molar-refractivity contribution in [3.05, 3.63) is 53.6 Å². The van der Waals surface area contributed by atoms with Crippen LogP contribution >= 0.6 is 11.6 Å². The van der Waals surface area contributed by atoms with Crippen molar-refractivity contribution in [2.75, 3.05) is 35.8 Å². The highest BCUT2D eigenvalue weighted by Gasteiger charge is 2.35. The zero-order valence-electron chi connectivity index (χ0n) is 14.2. The number of nitrogens with one attached hydrogen (secondary N) is 1. The molecule has 3 rings (SSSR count). The Labute approximate surface area is 152 Å². The third-order valence-electron chi connectivity index (χ3n) is 4.31. The number of amides is 2. The zero-order valence-corrected chi connectivity index (χ0v) is 15.0. The molecule has 0 aliphatic carbocycles. The van der Waals surface area contributed by atoms with Crippen LogP contribution in [0.4, 0.5) is 17.1 Å². The van der Waals surface area contributed by atoms with Crippen LogP contribution < -0.4 is 15.1 Å². The molecular formula is C19H20ClN3O2. The van der Waals surface area contributed by atoms with Crippen molar-refractivity contribution in [2.24, 2.45) is 5.92 Å². The molecule has 1 aliphatic rings. The Morgan fingerprint density at radius 2 is 1.84 bits per heavy atom. The van der Waals surface area contributed by atoms with Crippen LogP contribution in [-0.2, 0) is 9.59 Å². The van der Waals surface area contributed by atoms with E-state index in [2.05, 4.69) is 5.32 Å². The Balaban J connectivity index is 1.69.